The number of ether oxygens (including phenoxy) is 2. The Morgan fingerprint density at radius 1 is 0.500 bits per heavy atom. The number of hydrogen-bond donors (Lipinski definition) is 0. The quantitative estimate of drug-likeness (QED) is 0.191. The summed E-state index contributed by atoms with van der Waals surface area (Å²) in [7, 11) is 0. The maximum absolute atomic E-state index is 6.90. The van der Waals surface area contributed by atoms with E-state index in [0.717, 1.165) is 67.3 Å². The Labute approximate surface area is 291 Å². The van der Waals surface area contributed by atoms with Gasteiger partial charge in [-0.25, -0.2) is 4.98 Å². The van der Waals surface area contributed by atoms with Gasteiger partial charge in [0.05, 0.1) is 22.4 Å². The van der Waals surface area contributed by atoms with Gasteiger partial charge < -0.3 is 14.4 Å². The molecule has 1 aliphatic rings. The molecule has 0 radical (unpaired) electrons. The molecule has 0 saturated carbocycles. The van der Waals surface area contributed by atoms with E-state index >= 15 is 0 Å². The number of nitrogens with zero attached hydrogens (tertiary/aromatic N) is 3. The van der Waals surface area contributed by atoms with E-state index in [1.54, 1.807) is 0 Å². The molecule has 5 nitrogen and oxygen atoms in total. The van der Waals surface area contributed by atoms with Crippen molar-refractivity contribution in [1.29, 1.82) is 0 Å². The molecule has 8 aromatic rings. The maximum Gasteiger partial charge on any atom is 0.170 e. The normalized spacial score (nSPS) is 12.6. The first-order chi connectivity index (χ1) is 24.4. The van der Waals surface area contributed by atoms with Crippen LogP contribution in [0.5, 0.6) is 23.0 Å². The van der Waals surface area contributed by atoms with Gasteiger partial charge in [0.15, 0.2) is 23.0 Å². The predicted molar refractivity (Wildman–Crippen MR) is 204 cm³/mol. The smallest absolute Gasteiger partial charge is 0.170 e. The predicted octanol–water partition coefficient (Wildman–Crippen LogP) is 12.5. The molecule has 0 amide bonds. The van der Waals surface area contributed by atoms with Crippen LogP contribution in [0.2, 0.25) is 0 Å². The first kappa shape index (κ1) is 29.8. The number of benzene rings is 6. The first-order valence-corrected chi connectivity index (χ1v) is 17.0. The molecule has 0 aliphatic carbocycles. The number of aromatic nitrogens is 2. The molecular weight excluding hydrogens is 615 g/mol. The van der Waals surface area contributed by atoms with Gasteiger partial charge in [0, 0.05) is 22.7 Å². The van der Waals surface area contributed by atoms with E-state index in [1.165, 1.54) is 5.56 Å². The minimum Gasteiger partial charge on any atom is -0.451 e. The molecular formula is C45H35N3O2. The van der Waals surface area contributed by atoms with Gasteiger partial charge in [-0.15, -0.1) is 0 Å². The van der Waals surface area contributed by atoms with Gasteiger partial charge in [-0.2, -0.15) is 0 Å². The molecule has 6 aromatic carbocycles. The van der Waals surface area contributed by atoms with Crippen LogP contribution in [0.1, 0.15) is 26.3 Å². The Bertz CT molecular complexity index is 2550. The van der Waals surface area contributed by atoms with E-state index in [9.17, 15) is 0 Å². The van der Waals surface area contributed by atoms with Crippen molar-refractivity contribution in [2.24, 2.45) is 0 Å². The van der Waals surface area contributed by atoms with Crippen LogP contribution in [0.15, 0.2) is 158 Å². The summed E-state index contributed by atoms with van der Waals surface area (Å²) in [6.07, 6.45) is 1.92. The van der Waals surface area contributed by atoms with E-state index in [2.05, 4.69) is 139 Å². The molecule has 0 saturated heterocycles. The average molecular weight is 650 g/mol. The van der Waals surface area contributed by atoms with Crippen LogP contribution in [0, 0.1) is 0 Å². The zero-order valence-corrected chi connectivity index (χ0v) is 28.2. The van der Waals surface area contributed by atoms with Gasteiger partial charge in [-0.1, -0.05) is 106 Å². The number of pyridine rings is 1. The number of fused-ring (bicyclic) bond motifs is 6. The van der Waals surface area contributed by atoms with Crippen molar-refractivity contribution in [3.8, 4) is 39.9 Å². The van der Waals surface area contributed by atoms with Crippen LogP contribution < -0.4 is 14.4 Å². The molecule has 3 heterocycles. The van der Waals surface area contributed by atoms with E-state index in [0.29, 0.717) is 11.5 Å². The van der Waals surface area contributed by atoms with Crippen LogP contribution in [-0.2, 0) is 5.41 Å². The van der Waals surface area contributed by atoms with Crippen molar-refractivity contribution >= 4 is 38.9 Å². The molecule has 2 aromatic heterocycles. The van der Waals surface area contributed by atoms with Gasteiger partial charge >= 0.3 is 0 Å². The lowest BCUT2D eigenvalue weighted by Crippen LogP contribution is -2.13. The van der Waals surface area contributed by atoms with Gasteiger partial charge in [-0.3, -0.25) is 4.57 Å². The fourth-order valence-corrected chi connectivity index (χ4v) is 6.94. The summed E-state index contributed by atoms with van der Waals surface area (Å²) in [6, 6.07) is 52.4. The average Bonchev–Trinajstić information content (AvgIpc) is 3.48. The topological polar surface area (TPSA) is 39.5 Å². The van der Waals surface area contributed by atoms with E-state index < -0.39 is 0 Å². The maximum atomic E-state index is 6.90. The standard InChI is InChI=1S/C45H35N3O2/c1-45(2,3)32-24-25-46-44(27-32)48-36-19-8-7-18-34(36)35-28-43-39(29-38(35)48)47(33-17-13-16-31(26-33)30-14-5-4-6-15-30)37-20-9-10-21-40(37)49-41-22-11-12-23-42(41)50-43/h4-29H,1-3H3. The molecule has 0 unspecified atom stereocenters. The summed E-state index contributed by atoms with van der Waals surface area (Å²) in [6.45, 7) is 6.71. The van der Waals surface area contributed by atoms with Crippen molar-refractivity contribution in [2.45, 2.75) is 26.2 Å². The Hall–Kier alpha value is -6.33. The Balaban J connectivity index is 1.38. The highest BCUT2D eigenvalue weighted by atomic mass is 16.5. The van der Waals surface area contributed by atoms with Gasteiger partial charge in [0.1, 0.15) is 5.82 Å². The van der Waals surface area contributed by atoms with Crippen molar-refractivity contribution in [2.75, 3.05) is 4.90 Å². The molecule has 0 fully saturated rings. The largest absolute Gasteiger partial charge is 0.451 e. The van der Waals surface area contributed by atoms with E-state index in [4.69, 9.17) is 14.5 Å². The second-order valence-electron chi connectivity index (χ2n) is 13.7. The SMILES string of the molecule is CC(C)(C)c1ccnc(-n2c3ccccc3c3cc4c(cc32)N(c2cccc(-c3ccccc3)c2)c2ccccc2Oc2ccccc2O4)c1. The molecule has 50 heavy (non-hydrogen) atoms. The van der Waals surface area contributed by atoms with Crippen molar-refractivity contribution in [1.82, 2.24) is 9.55 Å². The fraction of sp³-hybridized carbons (Fsp3) is 0.0889. The third kappa shape index (κ3) is 5.06. The van der Waals surface area contributed by atoms with Crippen molar-refractivity contribution < 1.29 is 9.47 Å². The van der Waals surface area contributed by atoms with Gasteiger partial charge in [-0.05, 0) is 88.8 Å². The molecule has 0 spiro atoms. The summed E-state index contributed by atoms with van der Waals surface area (Å²) in [4.78, 5) is 7.20. The Morgan fingerprint density at radius 3 is 1.98 bits per heavy atom. The number of para-hydroxylation sites is 5. The lowest BCUT2D eigenvalue weighted by molar-refractivity contribution is 0.423. The molecule has 0 atom stereocenters. The lowest BCUT2D eigenvalue weighted by Gasteiger charge is -2.28. The van der Waals surface area contributed by atoms with Crippen LogP contribution >= 0.6 is 0 Å². The third-order valence-electron chi connectivity index (χ3n) is 9.44. The van der Waals surface area contributed by atoms with E-state index in [-0.39, 0.29) is 5.41 Å². The lowest BCUT2D eigenvalue weighted by atomic mass is 9.88. The minimum atomic E-state index is -0.0322. The first-order valence-electron chi connectivity index (χ1n) is 17.0. The van der Waals surface area contributed by atoms with E-state index in [1.807, 2.05) is 48.7 Å². The Morgan fingerprint density at radius 2 is 1.18 bits per heavy atom. The monoisotopic (exact) mass is 649 g/mol. The third-order valence-corrected chi connectivity index (χ3v) is 9.44. The molecule has 242 valence electrons. The second kappa shape index (κ2) is 11.7. The van der Waals surface area contributed by atoms with Gasteiger partial charge in [0.2, 0.25) is 0 Å². The highest BCUT2D eigenvalue weighted by Gasteiger charge is 2.27. The second-order valence-corrected chi connectivity index (χ2v) is 13.7. The molecule has 0 N–H and O–H groups in total. The molecule has 5 heteroatoms. The highest BCUT2D eigenvalue weighted by Crippen LogP contribution is 2.52. The van der Waals surface area contributed by atoms with Crippen LogP contribution in [0.3, 0.4) is 0 Å². The zero-order chi connectivity index (χ0) is 33.8. The van der Waals surface area contributed by atoms with Crippen LogP contribution in [0.4, 0.5) is 17.1 Å². The summed E-state index contributed by atoms with van der Waals surface area (Å²) in [5, 5.41) is 2.20. The number of rotatable bonds is 3. The van der Waals surface area contributed by atoms with Gasteiger partial charge in [0.25, 0.3) is 0 Å². The fourth-order valence-electron chi connectivity index (χ4n) is 6.94. The minimum absolute atomic E-state index is 0.0322. The number of hydrogen-bond acceptors (Lipinski definition) is 4. The summed E-state index contributed by atoms with van der Waals surface area (Å²) in [5.41, 5.74) is 8.32. The van der Waals surface area contributed by atoms with Crippen LogP contribution in [0.25, 0.3) is 38.8 Å². The van der Waals surface area contributed by atoms with Crippen molar-refractivity contribution in [3.05, 3.63) is 163 Å². The molecule has 9 rings (SSSR count). The highest BCUT2D eigenvalue weighted by molar-refractivity contribution is 6.11. The number of anilines is 3. The van der Waals surface area contributed by atoms with Crippen LogP contribution in [-0.4, -0.2) is 9.55 Å². The summed E-state index contributed by atoms with van der Waals surface area (Å²) in [5.74, 6) is 3.61. The summed E-state index contributed by atoms with van der Waals surface area (Å²) < 4.78 is 15.8. The Kier molecular flexibility index (Phi) is 6.95. The molecule has 1 aliphatic heterocycles. The molecule has 0 bridgehead atoms. The summed E-state index contributed by atoms with van der Waals surface area (Å²) >= 11 is 0. The van der Waals surface area contributed by atoms with Crippen molar-refractivity contribution in [3.63, 3.8) is 0 Å². The zero-order valence-electron chi connectivity index (χ0n) is 28.2.